The number of nitro benzene ring substituents is 2. The number of nitrogens with zero attached hydrogens (tertiary/aromatic N) is 3. The van der Waals surface area contributed by atoms with Gasteiger partial charge in [0.05, 0.1) is 15.9 Å². The van der Waals surface area contributed by atoms with Gasteiger partial charge in [-0.2, -0.15) is 0 Å². The van der Waals surface area contributed by atoms with Gasteiger partial charge in [-0.1, -0.05) is 0 Å². The van der Waals surface area contributed by atoms with Gasteiger partial charge in [0, 0.05) is 37.3 Å². The maximum atomic E-state index is 11.0. The molecule has 1 aliphatic heterocycles. The summed E-state index contributed by atoms with van der Waals surface area (Å²) in [4.78, 5) is 22.6. The Kier molecular flexibility index (Phi) is 4.26. The van der Waals surface area contributed by atoms with Gasteiger partial charge < -0.3 is 5.32 Å². The molecule has 1 atom stereocenters. The SMILES string of the molecule is CNC1CCN(Cc2ccc([N+](=O)[O-])cc2[N+](=O)[O-])C1. The fourth-order valence-electron chi connectivity index (χ4n) is 2.42. The number of nitrogens with one attached hydrogen (secondary N) is 1. The van der Waals surface area contributed by atoms with Gasteiger partial charge in [0.1, 0.15) is 0 Å². The van der Waals surface area contributed by atoms with E-state index in [0.29, 0.717) is 18.2 Å². The molecule has 1 unspecified atom stereocenters. The molecule has 0 radical (unpaired) electrons. The van der Waals surface area contributed by atoms with E-state index in [1.54, 1.807) is 0 Å². The molecule has 0 bridgehead atoms. The predicted molar refractivity (Wildman–Crippen MR) is 72.5 cm³/mol. The Morgan fingerprint density at radius 1 is 1.35 bits per heavy atom. The van der Waals surface area contributed by atoms with E-state index in [1.165, 1.54) is 12.1 Å². The third kappa shape index (κ3) is 3.09. The van der Waals surface area contributed by atoms with Crippen molar-refractivity contribution in [2.75, 3.05) is 20.1 Å². The van der Waals surface area contributed by atoms with Gasteiger partial charge in [0.2, 0.25) is 0 Å². The number of likely N-dealkylation sites (tertiary alicyclic amines) is 1. The number of rotatable bonds is 5. The molecule has 0 aromatic heterocycles. The molecule has 1 aromatic rings. The van der Waals surface area contributed by atoms with Crippen molar-refractivity contribution in [2.24, 2.45) is 0 Å². The van der Waals surface area contributed by atoms with Crippen molar-refractivity contribution < 1.29 is 9.85 Å². The Morgan fingerprint density at radius 3 is 2.65 bits per heavy atom. The fraction of sp³-hybridized carbons (Fsp3) is 0.500. The summed E-state index contributed by atoms with van der Waals surface area (Å²) in [5.41, 5.74) is 0.0689. The zero-order valence-electron chi connectivity index (χ0n) is 11.1. The number of hydrogen-bond donors (Lipinski definition) is 1. The van der Waals surface area contributed by atoms with E-state index >= 15 is 0 Å². The summed E-state index contributed by atoms with van der Waals surface area (Å²) in [7, 11) is 1.89. The fourth-order valence-corrected chi connectivity index (χ4v) is 2.42. The van der Waals surface area contributed by atoms with E-state index in [2.05, 4.69) is 10.2 Å². The number of hydrogen-bond acceptors (Lipinski definition) is 6. The van der Waals surface area contributed by atoms with Crippen LogP contribution in [0.1, 0.15) is 12.0 Å². The molecular weight excluding hydrogens is 264 g/mol. The smallest absolute Gasteiger partial charge is 0.280 e. The maximum absolute atomic E-state index is 11.0. The van der Waals surface area contributed by atoms with Crippen LogP contribution in [0.2, 0.25) is 0 Å². The van der Waals surface area contributed by atoms with Crippen LogP contribution in [0.25, 0.3) is 0 Å². The van der Waals surface area contributed by atoms with Gasteiger partial charge >= 0.3 is 0 Å². The third-order valence-electron chi connectivity index (χ3n) is 3.55. The summed E-state index contributed by atoms with van der Waals surface area (Å²) in [6.07, 6.45) is 0.997. The van der Waals surface area contributed by atoms with Crippen molar-refractivity contribution in [2.45, 2.75) is 19.0 Å². The van der Waals surface area contributed by atoms with Crippen LogP contribution in [-0.4, -0.2) is 40.9 Å². The zero-order chi connectivity index (χ0) is 14.7. The van der Waals surface area contributed by atoms with Crippen LogP contribution in [0.15, 0.2) is 18.2 Å². The predicted octanol–water partition coefficient (Wildman–Crippen LogP) is 1.30. The molecule has 0 spiro atoms. The highest BCUT2D eigenvalue weighted by molar-refractivity contribution is 5.49. The van der Waals surface area contributed by atoms with Gasteiger partial charge in [-0.15, -0.1) is 0 Å². The lowest BCUT2D eigenvalue weighted by atomic mass is 10.1. The summed E-state index contributed by atoms with van der Waals surface area (Å²) in [6.45, 7) is 2.12. The first-order valence-corrected chi connectivity index (χ1v) is 6.32. The van der Waals surface area contributed by atoms with Crippen LogP contribution < -0.4 is 5.32 Å². The van der Waals surface area contributed by atoms with E-state index in [9.17, 15) is 20.2 Å². The number of non-ortho nitro benzene ring substituents is 1. The molecule has 1 aliphatic rings. The van der Waals surface area contributed by atoms with Crippen LogP contribution in [-0.2, 0) is 6.54 Å². The first-order valence-electron chi connectivity index (χ1n) is 6.32. The van der Waals surface area contributed by atoms with E-state index in [0.717, 1.165) is 25.6 Å². The van der Waals surface area contributed by atoms with Crippen LogP contribution in [0.3, 0.4) is 0 Å². The van der Waals surface area contributed by atoms with E-state index in [4.69, 9.17) is 0 Å². The third-order valence-corrected chi connectivity index (χ3v) is 3.55. The van der Waals surface area contributed by atoms with Crippen LogP contribution in [0.4, 0.5) is 11.4 Å². The lowest BCUT2D eigenvalue weighted by Crippen LogP contribution is -2.29. The second kappa shape index (κ2) is 5.93. The Balaban J connectivity index is 2.19. The summed E-state index contributed by atoms with van der Waals surface area (Å²) in [5, 5.41) is 24.9. The highest BCUT2D eigenvalue weighted by Crippen LogP contribution is 2.26. The van der Waals surface area contributed by atoms with Crippen molar-refractivity contribution in [3.8, 4) is 0 Å². The minimum Gasteiger partial charge on any atom is -0.316 e. The van der Waals surface area contributed by atoms with Gasteiger partial charge in [0.15, 0.2) is 0 Å². The second-order valence-electron chi connectivity index (χ2n) is 4.84. The Labute approximate surface area is 115 Å². The van der Waals surface area contributed by atoms with Crippen molar-refractivity contribution >= 4 is 11.4 Å². The summed E-state index contributed by atoms with van der Waals surface area (Å²) in [5.74, 6) is 0. The molecule has 8 heteroatoms. The lowest BCUT2D eigenvalue weighted by Gasteiger charge is -2.15. The molecule has 0 amide bonds. The lowest BCUT2D eigenvalue weighted by molar-refractivity contribution is -0.394. The monoisotopic (exact) mass is 280 g/mol. The average Bonchev–Trinajstić information content (AvgIpc) is 2.86. The highest BCUT2D eigenvalue weighted by Gasteiger charge is 2.25. The minimum absolute atomic E-state index is 0.188. The number of nitro groups is 2. The van der Waals surface area contributed by atoms with E-state index < -0.39 is 9.85 Å². The maximum Gasteiger partial charge on any atom is 0.280 e. The molecule has 8 nitrogen and oxygen atoms in total. The Hall–Kier alpha value is -2.06. The Morgan fingerprint density at radius 2 is 2.10 bits per heavy atom. The van der Waals surface area contributed by atoms with Crippen LogP contribution >= 0.6 is 0 Å². The van der Waals surface area contributed by atoms with Gasteiger partial charge in [-0.05, 0) is 19.5 Å². The highest BCUT2D eigenvalue weighted by atomic mass is 16.6. The van der Waals surface area contributed by atoms with E-state index in [-0.39, 0.29) is 11.4 Å². The number of likely N-dealkylation sites (N-methyl/N-ethyl adjacent to an activating group) is 1. The van der Waals surface area contributed by atoms with Gasteiger partial charge in [-0.25, -0.2) is 0 Å². The Bertz CT molecular complexity index is 534. The molecule has 1 fully saturated rings. The molecule has 20 heavy (non-hydrogen) atoms. The standard InChI is InChI=1S/C12H16N4O4/c1-13-10-4-5-14(8-10)7-9-2-3-11(15(17)18)6-12(9)16(19)20/h2-3,6,10,13H,4-5,7-8H2,1H3. The average molecular weight is 280 g/mol. The normalized spacial score (nSPS) is 19.1. The molecule has 0 saturated carbocycles. The molecule has 1 heterocycles. The molecular formula is C12H16N4O4. The molecule has 0 aliphatic carbocycles. The van der Waals surface area contributed by atoms with Crippen LogP contribution in [0, 0.1) is 20.2 Å². The minimum atomic E-state index is -0.621. The summed E-state index contributed by atoms with van der Waals surface area (Å²) in [6, 6.07) is 4.21. The first-order chi connectivity index (χ1) is 9.51. The topological polar surface area (TPSA) is 102 Å². The van der Waals surface area contributed by atoms with Crippen molar-refractivity contribution in [3.63, 3.8) is 0 Å². The first kappa shape index (κ1) is 14.4. The molecule has 1 saturated heterocycles. The molecule has 108 valence electrons. The zero-order valence-corrected chi connectivity index (χ0v) is 11.1. The molecule has 1 N–H and O–H groups in total. The van der Waals surface area contributed by atoms with Gasteiger partial charge in [-0.3, -0.25) is 25.1 Å². The summed E-state index contributed by atoms with van der Waals surface area (Å²) >= 11 is 0. The largest absolute Gasteiger partial charge is 0.316 e. The second-order valence-corrected chi connectivity index (χ2v) is 4.84. The van der Waals surface area contributed by atoms with Gasteiger partial charge in [0.25, 0.3) is 11.4 Å². The summed E-state index contributed by atoms with van der Waals surface area (Å²) < 4.78 is 0. The van der Waals surface area contributed by atoms with Crippen LogP contribution in [0.5, 0.6) is 0 Å². The molecule has 2 rings (SSSR count). The van der Waals surface area contributed by atoms with Crippen molar-refractivity contribution in [1.29, 1.82) is 0 Å². The van der Waals surface area contributed by atoms with Crippen molar-refractivity contribution in [3.05, 3.63) is 44.0 Å². The van der Waals surface area contributed by atoms with Crippen molar-refractivity contribution in [1.82, 2.24) is 10.2 Å². The van der Waals surface area contributed by atoms with E-state index in [1.807, 2.05) is 7.05 Å². The molecule has 1 aromatic carbocycles. The number of benzene rings is 1. The quantitative estimate of drug-likeness (QED) is 0.644.